The van der Waals surface area contributed by atoms with Crippen molar-refractivity contribution in [2.45, 2.75) is 0 Å². The van der Waals surface area contributed by atoms with E-state index < -0.39 is 0 Å². The van der Waals surface area contributed by atoms with Crippen LogP contribution < -0.4 is 0 Å². The summed E-state index contributed by atoms with van der Waals surface area (Å²) in [5.74, 6) is 0. The summed E-state index contributed by atoms with van der Waals surface area (Å²) in [6, 6.07) is 37.6. The molecule has 5 aromatic carbocycles. The third-order valence-corrected chi connectivity index (χ3v) is 6.43. The number of benzene rings is 5. The number of hydrogen-bond donors (Lipinski definition) is 2. The average Bonchev–Trinajstić information content (AvgIpc) is 3.55. The van der Waals surface area contributed by atoms with Gasteiger partial charge in [-0.05, 0) is 36.4 Å². The van der Waals surface area contributed by atoms with Gasteiger partial charge in [0.1, 0.15) is 11.2 Å². The standard InChI is InChI=1S/C18H11NO.C12H9N/c1-3-7-14-13(6-1)17-15(19-14)10-9-12-11-5-2-4-8-16(11)20-18(12)17;1-3-7-11-9(5-1)10-6-2-4-8-12(10)13-11/h1-10,19H;1-8,13H. The van der Waals surface area contributed by atoms with Crippen LogP contribution in [0.1, 0.15) is 0 Å². The molecule has 0 unspecified atom stereocenters. The quantitative estimate of drug-likeness (QED) is 0.252. The summed E-state index contributed by atoms with van der Waals surface area (Å²) < 4.78 is 6.11. The molecule has 3 aromatic heterocycles. The van der Waals surface area contributed by atoms with E-state index >= 15 is 0 Å². The van der Waals surface area contributed by atoms with Crippen molar-refractivity contribution < 1.29 is 4.42 Å². The van der Waals surface area contributed by atoms with Crippen LogP contribution in [-0.2, 0) is 0 Å². The van der Waals surface area contributed by atoms with Crippen LogP contribution in [0, 0.1) is 0 Å². The largest absolute Gasteiger partial charge is 0.455 e. The number of aromatic nitrogens is 2. The zero-order chi connectivity index (χ0) is 21.8. The minimum Gasteiger partial charge on any atom is -0.455 e. The van der Waals surface area contributed by atoms with Crippen LogP contribution in [-0.4, -0.2) is 9.97 Å². The third kappa shape index (κ3) is 2.76. The van der Waals surface area contributed by atoms with Crippen molar-refractivity contribution in [1.29, 1.82) is 0 Å². The fourth-order valence-electron chi connectivity index (χ4n) is 4.91. The highest BCUT2D eigenvalue weighted by Gasteiger charge is 2.13. The molecule has 3 heterocycles. The van der Waals surface area contributed by atoms with Gasteiger partial charge in [0.05, 0.1) is 10.9 Å². The minimum absolute atomic E-state index is 0.945. The monoisotopic (exact) mass is 424 g/mol. The third-order valence-electron chi connectivity index (χ3n) is 6.43. The van der Waals surface area contributed by atoms with E-state index in [1.54, 1.807) is 0 Å². The van der Waals surface area contributed by atoms with Crippen molar-refractivity contribution in [2.24, 2.45) is 0 Å². The van der Waals surface area contributed by atoms with Gasteiger partial charge in [-0.2, -0.15) is 0 Å². The molecule has 0 spiro atoms. The van der Waals surface area contributed by atoms with Crippen LogP contribution in [0.5, 0.6) is 0 Å². The molecule has 33 heavy (non-hydrogen) atoms. The first-order valence-corrected chi connectivity index (χ1v) is 11.1. The SMILES string of the molecule is c1ccc2c(c1)[nH]c1ccc3c4ccccc4oc3c12.c1ccc2c(c1)[nH]c1ccccc12. The Hall–Kier alpha value is -4.50. The van der Waals surface area contributed by atoms with Gasteiger partial charge in [-0.3, -0.25) is 0 Å². The molecule has 8 rings (SSSR count). The maximum Gasteiger partial charge on any atom is 0.145 e. The minimum atomic E-state index is 0.945. The molecule has 0 radical (unpaired) electrons. The first kappa shape index (κ1) is 18.1. The molecule has 2 N–H and O–H groups in total. The van der Waals surface area contributed by atoms with Crippen molar-refractivity contribution >= 4 is 65.6 Å². The predicted molar refractivity (Wildman–Crippen MR) is 139 cm³/mol. The number of aromatic amines is 2. The van der Waals surface area contributed by atoms with E-state index in [4.69, 9.17) is 4.42 Å². The number of hydrogen-bond acceptors (Lipinski definition) is 1. The lowest BCUT2D eigenvalue weighted by atomic mass is 10.1. The highest BCUT2D eigenvalue weighted by Crippen LogP contribution is 2.37. The second kappa shape index (κ2) is 7.01. The van der Waals surface area contributed by atoms with Gasteiger partial charge in [0.15, 0.2) is 0 Å². The first-order valence-electron chi connectivity index (χ1n) is 11.1. The molecule has 0 aliphatic heterocycles. The van der Waals surface area contributed by atoms with Gasteiger partial charge in [-0.1, -0.05) is 72.8 Å². The molecule has 0 saturated heterocycles. The summed E-state index contributed by atoms with van der Waals surface area (Å²) in [5.41, 5.74) is 6.61. The molecule has 8 aromatic rings. The molecular formula is C30H20N2O. The Morgan fingerprint density at radius 1 is 0.394 bits per heavy atom. The smallest absolute Gasteiger partial charge is 0.145 e. The molecule has 0 fully saturated rings. The van der Waals surface area contributed by atoms with E-state index in [9.17, 15) is 0 Å². The fraction of sp³-hybridized carbons (Fsp3) is 0. The van der Waals surface area contributed by atoms with E-state index in [0.29, 0.717) is 0 Å². The summed E-state index contributed by atoms with van der Waals surface area (Å²) in [6.07, 6.45) is 0. The van der Waals surface area contributed by atoms with Crippen LogP contribution in [0.3, 0.4) is 0 Å². The molecule has 0 aliphatic rings. The van der Waals surface area contributed by atoms with E-state index in [1.165, 1.54) is 43.4 Å². The maximum absolute atomic E-state index is 6.11. The van der Waals surface area contributed by atoms with Gasteiger partial charge in [-0.15, -0.1) is 0 Å². The highest BCUT2D eigenvalue weighted by atomic mass is 16.3. The molecular weight excluding hydrogens is 404 g/mol. The number of fused-ring (bicyclic) bond motifs is 10. The van der Waals surface area contributed by atoms with Crippen LogP contribution >= 0.6 is 0 Å². The van der Waals surface area contributed by atoms with E-state index in [2.05, 4.69) is 101 Å². The van der Waals surface area contributed by atoms with Crippen molar-refractivity contribution in [3.8, 4) is 0 Å². The van der Waals surface area contributed by atoms with Crippen LogP contribution in [0.2, 0.25) is 0 Å². The Bertz CT molecular complexity index is 1880. The van der Waals surface area contributed by atoms with Crippen molar-refractivity contribution in [3.63, 3.8) is 0 Å². The van der Waals surface area contributed by atoms with Crippen LogP contribution in [0.25, 0.3) is 65.6 Å². The Balaban J connectivity index is 0.000000127. The van der Waals surface area contributed by atoms with Gasteiger partial charge >= 0.3 is 0 Å². The van der Waals surface area contributed by atoms with Crippen LogP contribution in [0.15, 0.2) is 114 Å². The van der Waals surface area contributed by atoms with E-state index in [0.717, 1.165) is 22.2 Å². The number of para-hydroxylation sites is 4. The summed E-state index contributed by atoms with van der Waals surface area (Å²) >= 11 is 0. The normalized spacial score (nSPS) is 11.6. The summed E-state index contributed by atoms with van der Waals surface area (Å²) in [5, 5.41) is 7.35. The van der Waals surface area contributed by atoms with Crippen molar-refractivity contribution in [3.05, 3.63) is 109 Å². The molecule has 3 heteroatoms. The summed E-state index contributed by atoms with van der Waals surface area (Å²) in [6.45, 7) is 0. The molecule has 0 saturated carbocycles. The number of H-pyrrole nitrogens is 2. The molecule has 0 amide bonds. The molecule has 3 nitrogen and oxygen atoms in total. The van der Waals surface area contributed by atoms with Crippen molar-refractivity contribution in [2.75, 3.05) is 0 Å². The number of nitrogens with one attached hydrogen (secondary N) is 2. The molecule has 156 valence electrons. The molecule has 0 atom stereocenters. The Morgan fingerprint density at radius 3 is 1.61 bits per heavy atom. The van der Waals surface area contributed by atoms with Gasteiger partial charge in [0.2, 0.25) is 0 Å². The Labute approximate surface area is 189 Å². The van der Waals surface area contributed by atoms with Crippen molar-refractivity contribution in [1.82, 2.24) is 9.97 Å². The zero-order valence-corrected chi connectivity index (χ0v) is 17.8. The second-order valence-electron chi connectivity index (χ2n) is 8.35. The Kier molecular flexibility index (Phi) is 3.84. The lowest BCUT2D eigenvalue weighted by Gasteiger charge is -1.93. The lowest BCUT2D eigenvalue weighted by Crippen LogP contribution is -1.69. The number of furan rings is 1. The summed E-state index contributed by atoms with van der Waals surface area (Å²) in [4.78, 5) is 6.83. The highest BCUT2D eigenvalue weighted by molar-refractivity contribution is 6.22. The van der Waals surface area contributed by atoms with E-state index in [-0.39, 0.29) is 0 Å². The van der Waals surface area contributed by atoms with Crippen LogP contribution in [0.4, 0.5) is 0 Å². The molecule has 0 bridgehead atoms. The lowest BCUT2D eigenvalue weighted by molar-refractivity contribution is 0.673. The Morgan fingerprint density at radius 2 is 0.909 bits per heavy atom. The summed E-state index contributed by atoms with van der Waals surface area (Å²) in [7, 11) is 0. The van der Waals surface area contributed by atoms with Gasteiger partial charge in [-0.25, -0.2) is 0 Å². The van der Waals surface area contributed by atoms with Gasteiger partial charge in [0.25, 0.3) is 0 Å². The second-order valence-corrected chi connectivity index (χ2v) is 8.35. The van der Waals surface area contributed by atoms with Gasteiger partial charge < -0.3 is 14.4 Å². The number of rotatable bonds is 0. The topological polar surface area (TPSA) is 44.7 Å². The predicted octanol–water partition coefficient (Wildman–Crippen LogP) is 8.54. The molecule has 0 aliphatic carbocycles. The van der Waals surface area contributed by atoms with E-state index in [1.807, 2.05) is 18.2 Å². The van der Waals surface area contributed by atoms with Gasteiger partial charge in [0, 0.05) is 43.5 Å². The maximum atomic E-state index is 6.11. The fourth-order valence-corrected chi connectivity index (χ4v) is 4.91. The first-order chi connectivity index (χ1) is 16.4. The average molecular weight is 425 g/mol. The zero-order valence-electron chi connectivity index (χ0n) is 17.8.